The Kier molecular flexibility index (Phi) is 5.09. The van der Waals surface area contributed by atoms with Crippen LogP contribution in [0.1, 0.15) is 17.2 Å². The minimum absolute atomic E-state index is 0.0763. The van der Waals surface area contributed by atoms with E-state index in [0.29, 0.717) is 12.0 Å². The third-order valence-corrected chi connectivity index (χ3v) is 3.55. The largest absolute Gasteiger partial charge is 0.464 e. The van der Waals surface area contributed by atoms with Crippen LogP contribution in [0.5, 0.6) is 0 Å². The van der Waals surface area contributed by atoms with Crippen LogP contribution in [0.4, 0.5) is 0 Å². The predicted molar refractivity (Wildman–Crippen MR) is 78.5 cm³/mol. The fourth-order valence-electron chi connectivity index (χ4n) is 2.39. The summed E-state index contributed by atoms with van der Waals surface area (Å²) in [6.07, 6.45) is -0.967. The van der Waals surface area contributed by atoms with Gasteiger partial charge in [0.2, 0.25) is 0 Å². The van der Waals surface area contributed by atoms with Gasteiger partial charge in [0.1, 0.15) is 12.7 Å². The molecule has 0 bridgehead atoms. The van der Waals surface area contributed by atoms with E-state index in [4.69, 9.17) is 9.47 Å². The van der Waals surface area contributed by atoms with Crippen molar-refractivity contribution in [3.8, 4) is 0 Å². The zero-order valence-electron chi connectivity index (χ0n) is 11.8. The highest BCUT2D eigenvalue weighted by atomic mass is 16.6. The number of carbonyl (C=O) groups excluding carboxylic acids is 1. The molecule has 0 aliphatic carbocycles. The summed E-state index contributed by atoms with van der Waals surface area (Å²) in [5.41, 5.74) is 0.284. The molecule has 0 radical (unpaired) electrons. The molecule has 21 heavy (non-hydrogen) atoms. The van der Waals surface area contributed by atoms with Crippen LogP contribution in [-0.2, 0) is 19.9 Å². The van der Waals surface area contributed by atoms with E-state index in [1.54, 1.807) is 0 Å². The SMILES string of the molecule is CO[C@](COC=O)(c1ccccc1)[C@H](O)c1ccccc1. The lowest BCUT2D eigenvalue weighted by molar-refractivity contribution is -0.161. The normalized spacial score (nSPS) is 15.0. The van der Waals surface area contributed by atoms with Gasteiger partial charge in [0.15, 0.2) is 5.60 Å². The standard InChI is InChI=1S/C17H18O4/c1-20-17(12-21-13-18,15-10-6-3-7-11-15)16(19)14-8-4-2-5-9-14/h2-11,13,16,19H,12H2,1H3/t16-,17-/m1/s1. The van der Waals surface area contributed by atoms with Gasteiger partial charge in [-0.2, -0.15) is 0 Å². The van der Waals surface area contributed by atoms with Crippen LogP contribution >= 0.6 is 0 Å². The second-order valence-corrected chi connectivity index (χ2v) is 4.68. The van der Waals surface area contributed by atoms with Crippen molar-refractivity contribution in [2.75, 3.05) is 13.7 Å². The van der Waals surface area contributed by atoms with E-state index < -0.39 is 11.7 Å². The maximum Gasteiger partial charge on any atom is 0.293 e. The molecule has 0 amide bonds. The second kappa shape index (κ2) is 7.02. The molecule has 2 aromatic carbocycles. The average Bonchev–Trinajstić information content (AvgIpc) is 2.57. The van der Waals surface area contributed by atoms with Gasteiger partial charge in [0, 0.05) is 7.11 Å². The molecule has 0 aliphatic heterocycles. The van der Waals surface area contributed by atoms with Gasteiger partial charge in [-0.15, -0.1) is 0 Å². The predicted octanol–water partition coefficient (Wildman–Crippen LogP) is 2.43. The number of methoxy groups -OCH3 is 1. The van der Waals surface area contributed by atoms with Crippen molar-refractivity contribution < 1.29 is 19.4 Å². The molecule has 0 saturated heterocycles. The molecule has 0 aliphatic rings. The number of benzene rings is 2. The third kappa shape index (κ3) is 3.12. The number of aliphatic hydroxyl groups is 1. The monoisotopic (exact) mass is 286 g/mol. The van der Waals surface area contributed by atoms with Crippen LogP contribution < -0.4 is 0 Å². The first-order valence-electron chi connectivity index (χ1n) is 6.63. The number of aliphatic hydroxyl groups excluding tert-OH is 1. The molecule has 0 heterocycles. The summed E-state index contributed by atoms with van der Waals surface area (Å²) >= 11 is 0. The van der Waals surface area contributed by atoms with Crippen molar-refractivity contribution in [3.05, 3.63) is 71.8 Å². The molecule has 2 rings (SSSR count). The van der Waals surface area contributed by atoms with E-state index in [1.807, 2.05) is 60.7 Å². The molecule has 1 N–H and O–H groups in total. The highest BCUT2D eigenvalue weighted by Gasteiger charge is 2.42. The first kappa shape index (κ1) is 15.2. The van der Waals surface area contributed by atoms with Crippen molar-refractivity contribution in [1.29, 1.82) is 0 Å². The van der Waals surface area contributed by atoms with Crippen molar-refractivity contribution in [2.45, 2.75) is 11.7 Å². The number of ether oxygens (including phenoxy) is 2. The Balaban J connectivity index is 2.46. The highest BCUT2D eigenvalue weighted by molar-refractivity contribution is 5.38. The Morgan fingerprint density at radius 2 is 1.67 bits per heavy atom. The molecule has 0 saturated carbocycles. The molecular formula is C17H18O4. The van der Waals surface area contributed by atoms with E-state index >= 15 is 0 Å². The lowest BCUT2D eigenvalue weighted by Crippen LogP contribution is -2.40. The van der Waals surface area contributed by atoms with Crippen molar-refractivity contribution in [2.24, 2.45) is 0 Å². The first-order chi connectivity index (χ1) is 10.2. The van der Waals surface area contributed by atoms with Crippen molar-refractivity contribution >= 4 is 6.47 Å². The molecule has 0 spiro atoms. The summed E-state index contributed by atoms with van der Waals surface area (Å²) in [6.45, 7) is 0.279. The van der Waals surface area contributed by atoms with Crippen molar-refractivity contribution in [1.82, 2.24) is 0 Å². The maximum atomic E-state index is 10.8. The van der Waals surface area contributed by atoms with E-state index in [-0.39, 0.29) is 6.61 Å². The Bertz CT molecular complexity index is 556. The Labute approximate surface area is 123 Å². The zero-order chi connectivity index (χ0) is 15.1. The van der Waals surface area contributed by atoms with Gasteiger partial charge in [-0.25, -0.2) is 0 Å². The fraction of sp³-hybridized carbons (Fsp3) is 0.235. The van der Waals surface area contributed by atoms with Gasteiger partial charge < -0.3 is 14.6 Å². The zero-order valence-corrected chi connectivity index (χ0v) is 11.8. The lowest BCUT2D eigenvalue weighted by atomic mass is 9.85. The number of hydrogen-bond acceptors (Lipinski definition) is 4. The maximum absolute atomic E-state index is 10.8. The van der Waals surface area contributed by atoms with Crippen LogP contribution in [-0.4, -0.2) is 25.3 Å². The number of rotatable bonds is 7. The summed E-state index contributed by atoms with van der Waals surface area (Å²) in [4.78, 5) is 10.6. The van der Waals surface area contributed by atoms with E-state index in [9.17, 15) is 9.90 Å². The smallest absolute Gasteiger partial charge is 0.293 e. The fourth-order valence-corrected chi connectivity index (χ4v) is 2.39. The second-order valence-electron chi connectivity index (χ2n) is 4.68. The number of hydrogen-bond donors (Lipinski definition) is 1. The molecule has 0 unspecified atom stereocenters. The van der Waals surface area contributed by atoms with Crippen LogP contribution in [0, 0.1) is 0 Å². The van der Waals surface area contributed by atoms with Crippen LogP contribution in [0.15, 0.2) is 60.7 Å². The molecule has 2 atom stereocenters. The van der Waals surface area contributed by atoms with E-state index in [2.05, 4.69) is 0 Å². The highest BCUT2D eigenvalue weighted by Crippen LogP contribution is 2.38. The van der Waals surface area contributed by atoms with Crippen LogP contribution in [0.2, 0.25) is 0 Å². The molecule has 0 fully saturated rings. The van der Waals surface area contributed by atoms with Gasteiger partial charge in [-0.3, -0.25) is 4.79 Å². The lowest BCUT2D eigenvalue weighted by Gasteiger charge is -2.36. The Morgan fingerprint density at radius 3 is 2.19 bits per heavy atom. The first-order valence-corrected chi connectivity index (χ1v) is 6.63. The summed E-state index contributed by atoms with van der Waals surface area (Å²) in [6, 6.07) is 18.4. The van der Waals surface area contributed by atoms with E-state index in [0.717, 1.165) is 5.56 Å². The Morgan fingerprint density at radius 1 is 1.10 bits per heavy atom. The minimum atomic E-state index is -1.15. The van der Waals surface area contributed by atoms with Crippen LogP contribution in [0.3, 0.4) is 0 Å². The topological polar surface area (TPSA) is 55.8 Å². The molecule has 4 nitrogen and oxygen atoms in total. The number of carbonyl (C=O) groups is 1. The van der Waals surface area contributed by atoms with E-state index in [1.165, 1.54) is 7.11 Å². The van der Waals surface area contributed by atoms with Gasteiger partial charge in [0.25, 0.3) is 6.47 Å². The Hall–Kier alpha value is -2.17. The molecule has 0 aromatic heterocycles. The van der Waals surface area contributed by atoms with Gasteiger partial charge in [0.05, 0.1) is 0 Å². The average molecular weight is 286 g/mol. The molecule has 110 valence electrons. The minimum Gasteiger partial charge on any atom is -0.464 e. The van der Waals surface area contributed by atoms with Crippen LogP contribution in [0.25, 0.3) is 0 Å². The van der Waals surface area contributed by atoms with Gasteiger partial charge >= 0.3 is 0 Å². The molecular weight excluding hydrogens is 268 g/mol. The molecule has 2 aromatic rings. The summed E-state index contributed by atoms with van der Waals surface area (Å²) in [5, 5.41) is 10.8. The van der Waals surface area contributed by atoms with Gasteiger partial charge in [-0.1, -0.05) is 60.7 Å². The van der Waals surface area contributed by atoms with Crippen molar-refractivity contribution in [3.63, 3.8) is 0 Å². The van der Waals surface area contributed by atoms with Gasteiger partial charge in [-0.05, 0) is 11.1 Å². The molecule has 4 heteroatoms. The summed E-state index contributed by atoms with van der Waals surface area (Å²) < 4.78 is 10.5. The summed E-state index contributed by atoms with van der Waals surface area (Å²) in [5.74, 6) is 0. The summed E-state index contributed by atoms with van der Waals surface area (Å²) in [7, 11) is 1.49. The quantitative estimate of drug-likeness (QED) is 0.794. The third-order valence-electron chi connectivity index (χ3n) is 3.55.